The van der Waals surface area contributed by atoms with E-state index < -0.39 is 0 Å². The van der Waals surface area contributed by atoms with Crippen molar-refractivity contribution in [1.29, 1.82) is 0 Å². The van der Waals surface area contributed by atoms with E-state index >= 15 is 0 Å². The summed E-state index contributed by atoms with van der Waals surface area (Å²) in [4.78, 5) is 19.5. The summed E-state index contributed by atoms with van der Waals surface area (Å²) in [5.74, 6) is 1.86. The van der Waals surface area contributed by atoms with Gasteiger partial charge in [-0.2, -0.15) is 0 Å². The summed E-state index contributed by atoms with van der Waals surface area (Å²) in [6.07, 6.45) is 1.87. The monoisotopic (exact) mass is 586 g/mol. The molecule has 214 valence electrons. The number of hydrogen-bond acceptors (Lipinski definition) is 4. The first-order valence-electron chi connectivity index (χ1n) is 15.4. The number of hydrogen-bond donors (Lipinski definition) is 0. The first-order valence-corrected chi connectivity index (χ1v) is 15.4. The van der Waals surface area contributed by atoms with E-state index in [1.54, 1.807) is 0 Å². The zero-order valence-corrected chi connectivity index (χ0v) is 24.8. The smallest absolute Gasteiger partial charge is 0.165 e. The molecule has 0 N–H and O–H groups in total. The fraction of sp³-hybridized carbons (Fsp3) is 0. The largest absolute Gasteiger partial charge is 0.255 e. The van der Waals surface area contributed by atoms with Gasteiger partial charge in [0, 0.05) is 28.5 Å². The van der Waals surface area contributed by atoms with Crippen LogP contribution in [0.5, 0.6) is 0 Å². The van der Waals surface area contributed by atoms with Crippen LogP contribution in [0.15, 0.2) is 158 Å². The van der Waals surface area contributed by atoms with Crippen molar-refractivity contribution < 1.29 is 0 Å². The number of pyridine rings is 1. The topological polar surface area (TPSA) is 51.6 Å². The van der Waals surface area contributed by atoms with Crippen LogP contribution in [0.1, 0.15) is 0 Å². The predicted molar refractivity (Wildman–Crippen MR) is 189 cm³/mol. The van der Waals surface area contributed by atoms with E-state index in [4.69, 9.17) is 19.9 Å². The molecule has 0 aliphatic heterocycles. The van der Waals surface area contributed by atoms with E-state index in [2.05, 4.69) is 91.0 Å². The molecule has 46 heavy (non-hydrogen) atoms. The summed E-state index contributed by atoms with van der Waals surface area (Å²) in [6, 6.07) is 52.7. The van der Waals surface area contributed by atoms with Crippen LogP contribution in [0.3, 0.4) is 0 Å². The molecule has 9 rings (SSSR count). The molecule has 4 heteroatoms. The van der Waals surface area contributed by atoms with Crippen LogP contribution in [-0.4, -0.2) is 19.9 Å². The molecular formula is C42H26N4. The molecule has 0 aliphatic rings. The highest BCUT2D eigenvalue weighted by molar-refractivity contribution is 6.23. The van der Waals surface area contributed by atoms with E-state index in [-0.39, 0.29) is 0 Å². The van der Waals surface area contributed by atoms with Crippen LogP contribution in [0.2, 0.25) is 0 Å². The molecule has 0 radical (unpaired) electrons. The van der Waals surface area contributed by atoms with Crippen molar-refractivity contribution in [3.05, 3.63) is 158 Å². The molecule has 0 saturated carbocycles. The van der Waals surface area contributed by atoms with E-state index in [9.17, 15) is 0 Å². The summed E-state index contributed by atoms with van der Waals surface area (Å²) in [7, 11) is 0. The maximum absolute atomic E-state index is 4.94. The molecule has 0 saturated heterocycles. The van der Waals surface area contributed by atoms with Gasteiger partial charge in [-0.25, -0.2) is 15.0 Å². The Labute approximate surface area is 265 Å². The summed E-state index contributed by atoms with van der Waals surface area (Å²) in [5, 5.41) is 9.99. The number of nitrogens with zero attached hydrogens (tertiary/aromatic N) is 4. The van der Waals surface area contributed by atoms with Gasteiger partial charge in [0.25, 0.3) is 0 Å². The van der Waals surface area contributed by atoms with E-state index in [0.29, 0.717) is 17.5 Å². The number of rotatable bonds is 4. The van der Waals surface area contributed by atoms with Crippen molar-refractivity contribution in [2.45, 2.75) is 0 Å². The van der Waals surface area contributed by atoms with Crippen LogP contribution < -0.4 is 0 Å². The summed E-state index contributed by atoms with van der Waals surface area (Å²) >= 11 is 0. The number of aromatic nitrogens is 4. The van der Waals surface area contributed by atoms with Crippen molar-refractivity contribution in [2.75, 3.05) is 0 Å². The molecular weight excluding hydrogens is 560 g/mol. The molecule has 7 aromatic carbocycles. The lowest BCUT2D eigenvalue weighted by Gasteiger charge is -2.12. The molecule has 2 heterocycles. The standard InChI is InChI=1S/C42H26N4/c1-3-11-28(12-4-1)40-44-41(29-13-5-2-6-14-29)46-42(45-40)30-19-25-39(43-26-30)38-17-9-16-32-35-22-21-33-31-15-8-7-10-27(31)18-20-34(33)36(35)23-24-37(32)38/h1-26H. The summed E-state index contributed by atoms with van der Waals surface area (Å²) < 4.78 is 0. The Morgan fingerprint density at radius 1 is 0.304 bits per heavy atom. The minimum Gasteiger partial charge on any atom is -0.255 e. The minimum atomic E-state index is 0.593. The second kappa shape index (κ2) is 10.7. The molecule has 0 aliphatic carbocycles. The lowest BCUT2D eigenvalue weighted by molar-refractivity contribution is 1.07. The van der Waals surface area contributed by atoms with E-state index in [1.807, 2.05) is 66.9 Å². The van der Waals surface area contributed by atoms with Gasteiger partial charge < -0.3 is 0 Å². The highest BCUT2D eigenvalue weighted by Crippen LogP contribution is 2.37. The third kappa shape index (κ3) is 4.39. The lowest BCUT2D eigenvalue weighted by Crippen LogP contribution is -2.00. The summed E-state index contributed by atoms with van der Waals surface area (Å²) in [5.41, 5.74) is 4.72. The molecule has 9 aromatic rings. The Bertz CT molecular complexity index is 2500. The second-order valence-corrected chi connectivity index (χ2v) is 11.5. The van der Waals surface area contributed by atoms with Gasteiger partial charge in [-0.05, 0) is 55.2 Å². The average Bonchev–Trinajstić information content (AvgIpc) is 3.14. The fourth-order valence-corrected chi connectivity index (χ4v) is 6.52. The van der Waals surface area contributed by atoms with Crippen LogP contribution in [-0.2, 0) is 0 Å². The molecule has 0 spiro atoms. The average molecular weight is 587 g/mol. The number of fused-ring (bicyclic) bond motifs is 7. The van der Waals surface area contributed by atoms with Crippen LogP contribution in [0.25, 0.3) is 88.5 Å². The Morgan fingerprint density at radius 3 is 1.43 bits per heavy atom. The van der Waals surface area contributed by atoms with Crippen molar-refractivity contribution >= 4 is 43.1 Å². The fourth-order valence-electron chi connectivity index (χ4n) is 6.52. The first-order chi connectivity index (χ1) is 22.8. The van der Waals surface area contributed by atoms with Gasteiger partial charge in [-0.15, -0.1) is 0 Å². The molecule has 0 fully saturated rings. The minimum absolute atomic E-state index is 0.593. The molecule has 4 nitrogen and oxygen atoms in total. The Hall–Kier alpha value is -6.26. The van der Waals surface area contributed by atoms with Crippen molar-refractivity contribution in [1.82, 2.24) is 19.9 Å². The molecule has 2 aromatic heterocycles. The van der Waals surface area contributed by atoms with Gasteiger partial charge in [-0.3, -0.25) is 4.98 Å². The second-order valence-electron chi connectivity index (χ2n) is 11.5. The maximum Gasteiger partial charge on any atom is 0.165 e. The lowest BCUT2D eigenvalue weighted by atomic mass is 9.92. The highest BCUT2D eigenvalue weighted by atomic mass is 15.0. The van der Waals surface area contributed by atoms with E-state index in [0.717, 1.165) is 27.9 Å². The summed E-state index contributed by atoms with van der Waals surface area (Å²) in [6.45, 7) is 0. The number of benzene rings is 7. The van der Waals surface area contributed by atoms with Gasteiger partial charge >= 0.3 is 0 Å². The Kier molecular flexibility index (Phi) is 6.10. The van der Waals surface area contributed by atoms with Gasteiger partial charge in [0.05, 0.1) is 5.69 Å². The predicted octanol–water partition coefficient (Wildman–Crippen LogP) is 10.5. The van der Waals surface area contributed by atoms with Crippen LogP contribution in [0.4, 0.5) is 0 Å². The first kappa shape index (κ1) is 26.2. The quantitative estimate of drug-likeness (QED) is 0.193. The van der Waals surface area contributed by atoms with Gasteiger partial charge in [-0.1, -0.05) is 140 Å². The maximum atomic E-state index is 4.94. The van der Waals surface area contributed by atoms with Crippen LogP contribution in [0, 0.1) is 0 Å². The Balaban J connectivity index is 1.14. The zero-order valence-electron chi connectivity index (χ0n) is 24.8. The van der Waals surface area contributed by atoms with E-state index in [1.165, 1.54) is 43.1 Å². The molecule has 0 unspecified atom stereocenters. The molecule has 0 amide bonds. The van der Waals surface area contributed by atoms with Crippen molar-refractivity contribution in [2.24, 2.45) is 0 Å². The molecule has 0 atom stereocenters. The van der Waals surface area contributed by atoms with Crippen LogP contribution >= 0.6 is 0 Å². The third-order valence-electron chi connectivity index (χ3n) is 8.78. The third-order valence-corrected chi connectivity index (χ3v) is 8.78. The zero-order chi connectivity index (χ0) is 30.5. The van der Waals surface area contributed by atoms with Gasteiger partial charge in [0.2, 0.25) is 0 Å². The highest BCUT2D eigenvalue weighted by Gasteiger charge is 2.14. The van der Waals surface area contributed by atoms with Gasteiger partial charge in [0.1, 0.15) is 0 Å². The van der Waals surface area contributed by atoms with Gasteiger partial charge in [0.15, 0.2) is 17.5 Å². The normalized spacial score (nSPS) is 11.5. The van der Waals surface area contributed by atoms with Crippen molar-refractivity contribution in [3.8, 4) is 45.4 Å². The van der Waals surface area contributed by atoms with Crippen molar-refractivity contribution in [3.63, 3.8) is 0 Å². The Morgan fingerprint density at radius 2 is 0.804 bits per heavy atom. The SMILES string of the molecule is c1ccc(-c2nc(-c3ccccc3)nc(-c3ccc(-c4cccc5c4ccc4c5ccc5c6ccccc6ccc54)nc3)n2)cc1. The molecule has 0 bridgehead atoms.